The minimum Gasteiger partial charge on any atom is -0.480 e. The van der Waals surface area contributed by atoms with Crippen LogP contribution in [0.1, 0.15) is 24.2 Å². The van der Waals surface area contributed by atoms with Gasteiger partial charge in [0, 0.05) is 6.07 Å². The molecule has 0 spiro atoms. The second kappa shape index (κ2) is 5.29. The lowest BCUT2D eigenvalue weighted by Gasteiger charge is -2.17. The van der Waals surface area contributed by atoms with E-state index in [1.165, 1.54) is 6.07 Å². The first kappa shape index (κ1) is 13.0. The molecule has 0 unspecified atom stereocenters. The van der Waals surface area contributed by atoms with Crippen molar-refractivity contribution in [3.8, 4) is 0 Å². The zero-order valence-corrected chi connectivity index (χ0v) is 9.47. The molecule has 1 aromatic heterocycles. The van der Waals surface area contributed by atoms with Crippen LogP contribution in [-0.2, 0) is 4.79 Å². The van der Waals surface area contributed by atoms with Crippen LogP contribution >= 0.6 is 0 Å². The highest BCUT2D eigenvalue weighted by atomic mass is 16.4. The fourth-order valence-corrected chi connectivity index (χ4v) is 1.23. The molecular weight excluding hydrogens is 226 g/mol. The van der Waals surface area contributed by atoms with Gasteiger partial charge in [0.15, 0.2) is 0 Å². The Morgan fingerprint density at radius 2 is 2.00 bits per heavy atom. The monoisotopic (exact) mass is 239 g/mol. The van der Waals surface area contributed by atoms with Gasteiger partial charge in [-0.15, -0.1) is 0 Å². The second-order valence-electron chi connectivity index (χ2n) is 3.88. The summed E-state index contributed by atoms with van der Waals surface area (Å²) in [5, 5.41) is 11.2. The predicted molar refractivity (Wildman–Crippen MR) is 58.7 cm³/mol. The number of amides is 1. The summed E-state index contributed by atoms with van der Waals surface area (Å²) < 4.78 is 4.52. The first-order valence-corrected chi connectivity index (χ1v) is 5.04. The highest BCUT2D eigenvalue weighted by Crippen LogP contribution is 2.04. The van der Waals surface area contributed by atoms with Crippen molar-refractivity contribution in [1.82, 2.24) is 5.32 Å². The van der Waals surface area contributed by atoms with Crippen LogP contribution in [0.5, 0.6) is 0 Å². The standard InChI is InChI=1S/C11H13NO5/c1-6(2)9(11(15)16)12-10(14)7-3-4-8(13)17-5-7/h3-6,9H,1-2H3,(H,12,14)(H,15,16)/t9-/m1/s1. The smallest absolute Gasteiger partial charge is 0.335 e. The van der Waals surface area contributed by atoms with Gasteiger partial charge in [-0.05, 0) is 12.0 Å². The maximum atomic E-state index is 11.6. The molecule has 1 heterocycles. The molecule has 0 saturated carbocycles. The number of carboxylic acids is 1. The minimum absolute atomic E-state index is 0.108. The second-order valence-corrected chi connectivity index (χ2v) is 3.88. The molecule has 0 aliphatic carbocycles. The molecule has 1 aromatic rings. The molecule has 92 valence electrons. The number of hydrogen-bond donors (Lipinski definition) is 2. The number of aliphatic carboxylic acids is 1. The van der Waals surface area contributed by atoms with Gasteiger partial charge in [0.1, 0.15) is 12.3 Å². The summed E-state index contributed by atoms with van der Waals surface area (Å²) in [6.45, 7) is 3.37. The molecular formula is C11H13NO5. The van der Waals surface area contributed by atoms with Gasteiger partial charge in [0.05, 0.1) is 5.56 Å². The molecule has 0 radical (unpaired) electrons. The van der Waals surface area contributed by atoms with Gasteiger partial charge < -0.3 is 14.8 Å². The summed E-state index contributed by atoms with van der Waals surface area (Å²) in [4.78, 5) is 33.2. The lowest BCUT2D eigenvalue weighted by Crippen LogP contribution is -2.44. The Morgan fingerprint density at radius 3 is 2.41 bits per heavy atom. The molecule has 17 heavy (non-hydrogen) atoms. The number of carboxylic acid groups (broad SMARTS) is 1. The van der Waals surface area contributed by atoms with E-state index in [2.05, 4.69) is 9.73 Å². The summed E-state index contributed by atoms with van der Waals surface area (Å²) in [5.41, 5.74) is -0.461. The Labute approximate surface area is 97.3 Å². The first-order valence-electron chi connectivity index (χ1n) is 5.04. The van der Waals surface area contributed by atoms with Crippen molar-refractivity contribution < 1.29 is 19.1 Å². The van der Waals surface area contributed by atoms with Gasteiger partial charge >= 0.3 is 11.6 Å². The van der Waals surface area contributed by atoms with Crippen LogP contribution in [0.2, 0.25) is 0 Å². The molecule has 2 N–H and O–H groups in total. The van der Waals surface area contributed by atoms with Crippen LogP contribution in [0.4, 0.5) is 0 Å². The summed E-state index contributed by atoms with van der Waals surface area (Å²) in [7, 11) is 0. The Hall–Kier alpha value is -2.11. The number of carbonyl (C=O) groups excluding carboxylic acids is 1. The Kier molecular flexibility index (Phi) is 4.03. The van der Waals surface area contributed by atoms with Crippen molar-refractivity contribution in [3.63, 3.8) is 0 Å². The van der Waals surface area contributed by atoms with Gasteiger partial charge in [-0.1, -0.05) is 13.8 Å². The van der Waals surface area contributed by atoms with Crippen molar-refractivity contribution in [2.75, 3.05) is 0 Å². The molecule has 0 fully saturated rings. The van der Waals surface area contributed by atoms with Gasteiger partial charge in [0.25, 0.3) is 5.91 Å². The van der Waals surface area contributed by atoms with E-state index in [9.17, 15) is 14.4 Å². The number of nitrogens with one attached hydrogen (secondary N) is 1. The third-order valence-electron chi connectivity index (χ3n) is 2.18. The lowest BCUT2D eigenvalue weighted by atomic mass is 10.0. The van der Waals surface area contributed by atoms with E-state index < -0.39 is 23.5 Å². The molecule has 1 rings (SSSR count). The van der Waals surface area contributed by atoms with Gasteiger partial charge in [0.2, 0.25) is 0 Å². The number of hydrogen-bond acceptors (Lipinski definition) is 4. The Morgan fingerprint density at radius 1 is 1.35 bits per heavy atom. The van der Waals surface area contributed by atoms with Crippen LogP contribution < -0.4 is 10.9 Å². The normalized spacial score (nSPS) is 12.2. The summed E-state index contributed by atoms with van der Waals surface area (Å²) >= 11 is 0. The average molecular weight is 239 g/mol. The summed E-state index contributed by atoms with van der Waals surface area (Å²) in [6.07, 6.45) is 0.997. The van der Waals surface area contributed by atoms with Gasteiger partial charge in [-0.25, -0.2) is 9.59 Å². The zero-order valence-electron chi connectivity index (χ0n) is 9.47. The van der Waals surface area contributed by atoms with E-state index in [0.717, 1.165) is 12.3 Å². The molecule has 0 saturated heterocycles. The highest BCUT2D eigenvalue weighted by Gasteiger charge is 2.24. The predicted octanol–water partition coefficient (Wildman–Crippen LogP) is 0.479. The number of carbonyl (C=O) groups is 2. The summed E-state index contributed by atoms with van der Waals surface area (Å²) in [5.74, 6) is -1.94. The van der Waals surface area contributed by atoms with E-state index in [0.29, 0.717) is 0 Å². The molecule has 0 aliphatic rings. The third kappa shape index (κ3) is 3.44. The van der Waals surface area contributed by atoms with Crippen molar-refractivity contribution in [2.45, 2.75) is 19.9 Å². The maximum Gasteiger partial charge on any atom is 0.335 e. The van der Waals surface area contributed by atoms with Crippen LogP contribution in [0.25, 0.3) is 0 Å². The zero-order chi connectivity index (χ0) is 13.0. The van der Waals surface area contributed by atoms with E-state index >= 15 is 0 Å². The largest absolute Gasteiger partial charge is 0.480 e. The van der Waals surface area contributed by atoms with E-state index in [-0.39, 0.29) is 11.5 Å². The maximum absolute atomic E-state index is 11.6. The Bertz CT molecular complexity index is 457. The molecule has 6 heteroatoms. The molecule has 0 bridgehead atoms. The minimum atomic E-state index is -1.11. The number of rotatable bonds is 4. The lowest BCUT2D eigenvalue weighted by molar-refractivity contribution is -0.140. The van der Waals surface area contributed by atoms with Crippen molar-refractivity contribution in [1.29, 1.82) is 0 Å². The fraction of sp³-hybridized carbons (Fsp3) is 0.364. The molecule has 6 nitrogen and oxygen atoms in total. The molecule has 1 atom stereocenters. The molecule has 0 aliphatic heterocycles. The third-order valence-corrected chi connectivity index (χ3v) is 2.18. The van der Waals surface area contributed by atoms with Gasteiger partial charge in [-0.2, -0.15) is 0 Å². The highest BCUT2D eigenvalue weighted by molar-refractivity contribution is 5.96. The SMILES string of the molecule is CC(C)[C@@H](NC(=O)c1ccc(=O)oc1)C(=O)O. The van der Waals surface area contributed by atoms with Gasteiger partial charge in [-0.3, -0.25) is 4.79 Å². The topological polar surface area (TPSA) is 96.6 Å². The quantitative estimate of drug-likeness (QED) is 0.796. The van der Waals surface area contributed by atoms with Crippen molar-refractivity contribution in [3.05, 3.63) is 34.4 Å². The first-order chi connectivity index (χ1) is 7.91. The average Bonchev–Trinajstić information content (AvgIpc) is 2.25. The van der Waals surface area contributed by atoms with E-state index in [4.69, 9.17) is 5.11 Å². The van der Waals surface area contributed by atoms with E-state index in [1.807, 2.05) is 0 Å². The van der Waals surface area contributed by atoms with Crippen LogP contribution in [0.15, 0.2) is 27.6 Å². The fourth-order valence-electron chi connectivity index (χ4n) is 1.23. The van der Waals surface area contributed by atoms with E-state index in [1.54, 1.807) is 13.8 Å². The summed E-state index contributed by atoms with van der Waals surface area (Å²) in [6, 6.07) is 1.40. The van der Waals surface area contributed by atoms with Crippen LogP contribution in [0.3, 0.4) is 0 Å². The van der Waals surface area contributed by atoms with Crippen LogP contribution in [0, 0.1) is 5.92 Å². The van der Waals surface area contributed by atoms with Crippen molar-refractivity contribution in [2.24, 2.45) is 5.92 Å². The van der Waals surface area contributed by atoms with Crippen LogP contribution in [-0.4, -0.2) is 23.0 Å². The van der Waals surface area contributed by atoms with Crippen molar-refractivity contribution >= 4 is 11.9 Å². The molecule has 0 aromatic carbocycles. The molecule has 1 amide bonds. The Balaban J connectivity index is 2.81.